The summed E-state index contributed by atoms with van der Waals surface area (Å²) in [5, 5.41) is 11.8. The first-order chi connectivity index (χ1) is 20.4. The fourth-order valence-electron chi connectivity index (χ4n) is 7.65. The van der Waals surface area contributed by atoms with E-state index in [1.165, 1.54) is 14.0 Å². The molecule has 2 aliphatic heterocycles. The number of carbonyl (C=O) groups is 4. The predicted molar refractivity (Wildman–Crippen MR) is 150 cm³/mol. The van der Waals surface area contributed by atoms with Crippen LogP contribution in [0, 0.1) is 29.6 Å². The zero-order valence-electron chi connectivity index (χ0n) is 25.3. The number of rotatable bonds is 5. The van der Waals surface area contributed by atoms with Crippen LogP contribution in [-0.2, 0) is 47.6 Å². The van der Waals surface area contributed by atoms with Crippen LogP contribution in [0.15, 0.2) is 47.6 Å². The molecule has 2 unspecified atom stereocenters. The van der Waals surface area contributed by atoms with Crippen molar-refractivity contribution in [1.82, 2.24) is 0 Å². The van der Waals surface area contributed by atoms with Crippen LogP contribution in [0.4, 0.5) is 0 Å². The Labute approximate surface area is 250 Å². The van der Waals surface area contributed by atoms with Crippen molar-refractivity contribution in [3.8, 4) is 0 Å². The number of ether oxygens (including phenoxy) is 6. The average molecular weight is 601 g/mol. The van der Waals surface area contributed by atoms with Crippen molar-refractivity contribution in [2.75, 3.05) is 14.2 Å². The first-order valence-electron chi connectivity index (χ1n) is 14.8. The third-order valence-electron chi connectivity index (χ3n) is 9.78. The zero-order valence-corrected chi connectivity index (χ0v) is 25.3. The Morgan fingerprint density at radius 1 is 1.14 bits per heavy atom. The van der Waals surface area contributed by atoms with E-state index < -0.39 is 77.9 Å². The van der Waals surface area contributed by atoms with Crippen LogP contribution in [0.2, 0.25) is 0 Å². The molecule has 0 aromatic rings. The largest absolute Gasteiger partial charge is 0.461 e. The van der Waals surface area contributed by atoms with Gasteiger partial charge < -0.3 is 33.5 Å². The summed E-state index contributed by atoms with van der Waals surface area (Å²) in [6, 6.07) is 0. The van der Waals surface area contributed by atoms with Gasteiger partial charge in [0.1, 0.15) is 30.0 Å². The first kappa shape index (κ1) is 31.2. The molecule has 11 nitrogen and oxygen atoms in total. The summed E-state index contributed by atoms with van der Waals surface area (Å²) >= 11 is 0. The number of aliphatic hydroxyl groups excluding tert-OH is 1. The highest BCUT2D eigenvalue weighted by Crippen LogP contribution is 2.61. The second-order valence-corrected chi connectivity index (χ2v) is 12.2. The van der Waals surface area contributed by atoms with Crippen molar-refractivity contribution in [1.29, 1.82) is 0 Å². The zero-order chi connectivity index (χ0) is 31.2. The molecule has 0 amide bonds. The van der Waals surface area contributed by atoms with Gasteiger partial charge in [0.05, 0.1) is 13.2 Å². The first-order valence-corrected chi connectivity index (χ1v) is 14.8. The van der Waals surface area contributed by atoms with Gasteiger partial charge in [0.25, 0.3) is 0 Å². The van der Waals surface area contributed by atoms with Crippen molar-refractivity contribution < 1.29 is 52.7 Å². The molecule has 11 heteroatoms. The fraction of sp³-hybridized carbons (Fsp3) is 0.625. The smallest absolute Gasteiger partial charge is 0.417 e. The highest BCUT2D eigenvalue weighted by atomic mass is 16.6. The van der Waals surface area contributed by atoms with Crippen molar-refractivity contribution in [3.63, 3.8) is 0 Å². The lowest BCUT2D eigenvalue weighted by Crippen LogP contribution is -2.57. The monoisotopic (exact) mass is 600 g/mol. The third-order valence-corrected chi connectivity index (χ3v) is 9.78. The molecule has 0 aromatic heterocycles. The van der Waals surface area contributed by atoms with Crippen LogP contribution in [0.3, 0.4) is 0 Å². The number of methoxy groups -OCH3 is 2. The number of esters is 4. The SMILES string of the molecule is COC(=O)C(=O)O[C@H](C)[C@H]1OC(=O)[C@@H](OC)C[C@H]2C=CC3C4[C@H](O)[C@@H](C)[C@@H](OC(=O)C5=CC=CC5)[C@@H]3O[C@]42/C(C)=C/[C@H]1C. The lowest BCUT2D eigenvalue weighted by atomic mass is 9.57. The number of carbonyl (C=O) groups excluding carboxylic acids is 4. The van der Waals surface area contributed by atoms with E-state index in [0.29, 0.717) is 12.0 Å². The molecule has 2 heterocycles. The van der Waals surface area contributed by atoms with Crippen molar-refractivity contribution in [3.05, 3.63) is 47.6 Å². The maximum absolute atomic E-state index is 13.4. The molecule has 1 spiro atoms. The fourth-order valence-corrected chi connectivity index (χ4v) is 7.65. The predicted octanol–water partition coefficient (Wildman–Crippen LogP) is 2.37. The highest BCUT2D eigenvalue weighted by molar-refractivity contribution is 6.29. The van der Waals surface area contributed by atoms with Gasteiger partial charge in [0.15, 0.2) is 6.10 Å². The van der Waals surface area contributed by atoms with Crippen molar-refractivity contribution >= 4 is 23.9 Å². The molecule has 234 valence electrons. The minimum absolute atomic E-state index is 0.189. The van der Waals surface area contributed by atoms with Gasteiger partial charge in [-0.05, 0) is 32.3 Å². The molecule has 12 atom stereocenters. The van der Waals surface area contributed by atoms with E-state index in [9.17, 15) is 24.3 Å². The standard InChI is InChI=1S/C32H40O11/c1-15-13-16(2)32-20(14-22(38-5)29(35)41-25(15)18(4)40-31(37)30(36)39-6)11-12-21-23(32)24(33)17(3)26(27(21)43-32)42-28(34)19-9-7-8-10-19/h7-9,11-13,15,17-18,20-27,33H,10,14H2,1-6H3/b16-13+/t15-,17-,18-,20-,21?,22+,23?,24-,25+,26-,27-,32+/m1/s1. The second-order valence-electron chi connectivity index (χ2n) is 12.2. The number of aliphatic hydroxyl groups is 1. The van der Waals surface area contributed by atoms with Gasteiger partial charge in [-0.25, -0.2) is 19.2 Å². The van der Waals surface area contributed by atoms with Crippen molar-refractivity contribution in [2.45, 2.75) is 82.8 Å². The van der Waals surface area contributed by atoms with E-state index in [4.69, 9.17) is 23.7 Å². The molecular weight excluding hydrogens is 560 g/mol. The van der Waals surface area contributed by atoms with E-state index in [1.807, 2.05) is 51.2 Å². The maximum atomic E-state index is 13.4. The third kappa shape index (κ3) is 5.25. The van der Waals surface area contributed by atoms with Crippen molar-refractivity contribution in [2.24, 2.45) is 29.6 Å². The van der Waals surface area contributed by atoms with E-state index in [1.54, 1.807) is 6.08 Å². The van der Waals surface area contributed by atoms with Gasteiger partial charge in [-0.1, -0.05) is 50.3 Å². The molecule has 3 aliphatic carbocycles. The second kappa shape index (κ2) is 12.0. The highest BCUT2D eigenvalue weighted by Gasteiger charge is 2.69. The minimum atomic E-state index is -1.20. The van der Waals surface area contributed by atoms with Crippen LogP contribution < -0.4 is 0 Å². The summed E-state index contributed by atoms with van der Waals surface area (Å²) in [4.78, 5) is 50.3. The summed E-state index contributed by atoms with van der Waals surface area (Å²) in [5.41, 5.74) is 0.318. The quantitative estimate of drug-likeness (QED) is 0.215. The van der Waals surface area contributed by atoms with E-state index in [-0.39, 0.29) is 24.2 Å². The molecule has 0 radical (unpaired) electrons. The summed E-state index contributed by atoms with van der Waals surface area (Å²) in [6.45, 7) is 7.13. The Bertz CT molecular complexity index is 1280. The Balaban J connectivity index is 1.52. The Morgan fingerprint density at radius 3 is 2.53 bits per heavy atom. The van der Waals surface area contributed by atoms with Gasteiger partial charge in [-0.15, -0.1) is 0 Å². The number of allylic oxidation sites excluding steroid dienone is 3. The van der Waals surface area contributed by atoms with Gasteiger partial charge in [0.2, 0.25) is 0 Å². The minimum Gasteiger partial charge on any atom is -0.461 e. The molecular formula is C32H40O11. The van der Waals surface area contributed by atoms with Gasteiger partial charge >= 0.3 is 23.9 Å². The Hall–Kier alpha value is -3.28. The van der Waals surface area contributed by atoms with Crippen LogP contribution >= 0.6 is 0 Å². The number of cyclic esters (lactones) is 1. The summed E-state index contributed by atoms with van der Waals surface area (Å²) in [6.07, 6.45) is 6.97. The molecule has 2 fully saturated rings. The molecule has 1 saturated heterocycles. The van der Waals surface area contributed by atoms with E-state index in [2.05, 4.69) is 4.74 Å². The number of hydrogen-bond acceptors (Lipinski definition) is 11. The molecule has 5 aliphatic rings. The lowest BCUT2D eigenvalue weighted by molar-refractivity contribution is -0.183. The molecule has 0 aromatic carbocycles. The number of hydrogen-bond donors (Lipinski definition) is 1. The Kier molecular flexibility index (Phi) is 8.70. The molecule has 5 rings (SSSR count). The van der Waals surface area contributed by atoms with Crippen LogP contribution in [0.25, 0.3) is 0 Å². The topological polar surface area (TPSA) is 144 Å². The molecule has 43 heavy (non-hydrogen) atoms. The Morgan fingerprint density at radius 2 is 1.88 bits per heavy atom. The van der Waals surface area contributed by atoms with Crippen LogP contribution in [0.1, 0.15) is 40.5 Å². The molecule has 1 N–H and O–H groups in total. The summed E-state index contributed by atoms with van der Waals surface area (Å²) in [7, 11) is 2.48. The van der Waals surface area contributed by atoms with E-state index >= 15 is 0 Å². The van der Waals surface area contributed by atoms with Gasteiger partial charge in [-0.2, -0.15) is 0 Å². The van der Waals surface area contributed by atoms with Gasteiger partial charge in [-0.3, -0.25) is 0 Å². The summed E-state index contributed by atoms with van der Waals surface area (Å²) in [5.74, 6) is -5.35. The lowest BCUT2D eigenvalue weighted by Gasteiger charge is -2.49. The normalized spacial score (nSPS) is 41.6. The van der Waals surface area contributed by atoms with Crippen LogP contribution in [-0.4, -0.2) is 85.4 Å². The molecule has 1 saturated carbocycles. The molecule has 4 bridgehead atoms. The van der Waals surface area contributed by atoms with Crippen LogP contribution in [0.5, 0.6) is 0 Å². The summed E-state index contributed by atoms with van der Waals surface area (Å²) < 4.78 is 34.2. The van der Waals surface area contributed by atoms with E-state index in [0.717, 1.165) is 12.7 Å². The maximum Gasteiger partial charge on any atom is 0.417 e. The average Bonchev–Trinajstić information content (AvgIpc) is 3.59. The van der Waals surface area contributed by atoms with Gasteiger partial charge in [0, 0.05) is 42.3 Å².